The minimum Gasteiger partial charge on any atom is -0.395 e. The predicted octanol–water partition coefficient (Wildman–Crippen LogP) is 1.34. The van der Waals surface area contributed by atoms with Crippen molar-refractivity contribution in [3.05, 3.63) is 71.3 Å². The minimum atomic E-state index is -0.228. The van der Waals surface area contributed by atoms with Crippen LogP contribution in [0.3, 0.4) is 0 Å². The Morgan fingerprint density at radius 3 is 2.05 bits per heavy atom. The first-order valence-corrected chi connectivity index (χ1v) is 7.02. The van der Waals surface area contributed by atoms with Crippen molar-refractivity contribution < 1.29 is 14.7 Å². The summed E-state index contributed by atoms with van der Waals surface area (Å²) in [6.07, 6.45) is 0. The third kappa shape index (κ3) is 4.43. The fraction of sp³-hybridized carbons (Fsp3) is 0.176. The molecule has 0 bridgehead atoms. The number of carbonyl (C=O) groups is 2. The number of hydrogen-bond donors (Lipinski definition) is 3. The lowest BCUT2D eigenvalue weighted by molar-refractivity contribution is 0.0938. The van der Waals surface area contributed by atoms with Crippen LogP contribution in [0.4, 0.5) is 0 Å². The summed E-state index contributed by atoms with van der Waals surface area (Å²) in [5.74, 6) is -0.362. The molecule has 0 unspecified atom stereocenters. The Labute approximate surface area is 129 Å². The second kappa shape index (κ2) is 7.95. The van der Waals surface area contributed by atoms with Gasteiger partial charge in [-0.05, 0) is 29.8 Å². The molecule has 0 aliphatic carbocycles. The Bertz CT molecular complexity index is 624. The third-order valence-electron chi connectivity index (χ3n) is 3.10. The fourth-order valence-corrected chi connectivity index (χ4v) is 1.92. The molecule has 5 nitrogen and oxygen atoms in total. The Hall–Kier alpha value is -2.66. The molecule has 0 saturated carbocycles. The van der Waals surface area contributed by atoms with E-state index in [2.05, 4.69) is 10.6 Å². The molecule has 2 aromatic rings. The van der Waals surface area contributed by atoms with E-state index in [1.54, 1.807) is 36.4 Å². The zero-order valence-electron chi connectivity index (χ0n) is 12.1. The summed E-state index contributed by atoms with van der Waals surface area (Å²) >= 11 is 0. The van der Waals surface area contributed by atoms with Gasteiger partial charge >= 0.3 is 0 Å². The zero-order chi connectivity index (χ0) is 15.8. The van der Waals surface area contributed by atoms with E-state index in [1.165, 1.54) is 0 Å². The summed E-state index contributed by atoms with van der Waals surface area (Å²) in [4.78, 5) is 23.6. The van der Waals surface area contributed by atoms with Crippen LogP contribution in [-0.4, -0.2) is 30.1 Å². The average Bonchev–Trinajstić information content (AvgIpc) is 2.58. The van der Waals surface area contributed by atoms with Crippen LogP contribution in [-0.2, 0) is 6.54 Å². The molecule has 0 aromatic heterocycles. The van der Waals surface area contributed by atoms with Crippen LogP contribution in [0.2, 0.25) is 0 Å². The second-order valence-electron chi connectivity index (χ2n) is 4.73. The number of benzene rings is 2. The maximum Gasteiger partial charge on any atom is 0.251 e. The number of amides is 2. The van der Waals surface area contributed by atoms with Crippen molar-refractivity contribution in [1.29, 1.82) is 0 Å². The first-order valence-electron chi connectivity index (χ1n) is 7.02. The van der Waals surface area contributed by atoms with Gasteiger partial charge in [0.1, 0.15) is 0 Å². The van der Waals surface area contributed by atoms with Gasteiger partial charge in [0.05, 0.1) is 6.61 Å². The van der Waals surface area contributed by atoms with Crippen LogP contribution in [0.15, 0.2) is 54.6 Å². The molecule has 114 valence electrons. The molecule has 0 atom stereocenters. The number of rotatable bonds is 6. The number of carbonyl (C=O) groups excluding carboxylic acids is 2. The molecular formula is C17H18N2O3. The lowest BCUT2D eigenvalue weighted by atomic mass is 10.1. The van der Waals surface area contributed by atoms with E-state index in [1.807, 2.05) is 18.2 Å². The Balaban J connectivity index is 1.89. The van der Waals surface area contributed by atoms with E-state index in [0.29, 0.717) is 17.7 Å². The van der Waals surface area contributed by atoms with Crippen molar-refractivity contribution in [2.45, 2.75) is 6.54 Å². The van der Waals surface area contributed by atoms with Crippen LogP contribution in [0.25, 0.3) is 0 Å². The van der Waals surface area contributed by atoms with Gasteiger partial charge in [0.2, 0.25) is 0 Å². The normalized spacial score (nSPS) is 10.0. The van der Waals surface area contributed by atoms with Crippen molar-refractivity contribution in [3.63, 3.8) is 0 Å². The molecule has 0 spiro atoms. The summed E-state index contributed by atoms with van der Waals surface area (Å²) in [5.41, 5.74) is 2.04. The molecule has 0 saturated heterocycles. The van der Waals surface area contributed by atoms with E-state index in [4.69, 9.17) is 5.11 Å². The quantitative estimate of drug-likeness (QED) is 0.753. The first kappa shape index (κ1) is 15.7. The van der Waals surface area contributed by atoms with Crippen LogP contribution in [0, 0.1) is 0 Å². The molecular weight excluding hydrogens is 280 g/mol. The van der Waals surface area contributed by atoms with Gasteiger partial charge in [-0.15, -0.1) is 0 Å². The van der Waals surface area contributed by atoms with Crippen molar-refractivity contribution in [2.75, 3.05) is 13.2 Å². The maximum absolute atomic E-state index is 11.9. The van der Waals surface area contributed by atoms with Crippen molar-refractivity contribution in [1.82, 2.24) is 10.6 Å². The summed E-state index contributed by atoms with van der Waals surface area (Å²) in [6, 6.07) is 16.0. The third-order valence-corrected chi connectivity index (χ3v) is 3.10. The fourth-order valence-electron chi connectivity index (χ4n) is 1.92. The molecule has 0 heterocycles. The van der Waals surface area contributed by atoms with Crippen molar-refractivity contribution in [3.8, 4) is 0 Å². The van der Waals surface area contributed by atoms with E-state index in [9.17, 15) is 9.59 Å². The maximum atomic E-state index is 11.9. The Morgan fingerprint density at radius 2 is 1.41 bits per heavy atom. The lowest BCUT2D eigenvalue weighted by Gasteiger charge is -2.07. The highest BCUT2D eigenvalue weighted by atomic mass is 16.3. The Morgan fingerprint density at radius 1 is 0.818 bits per heavy atom. The highest BCUT2D eigenvalue weighted by Gasteiger charge is 2.06. The number of nitrogens with one attached hydrogen (secondary N) is 2. The van der Waals surface area contributed by atoms with E-state index >= 15 is 0 Å². The zero-order valence-corrected chi connectivity index (χ0v) is 12.1. The number of aliphatic hydroxyl groups excluding tert-OH is 1. The van der Waals surface area contributed by atoms with Gasteiger partial charge in [0.25, 0.3) is 11.8 Å². The van der Waals surface area contributed by atoms with Crippen molar-refractivity contribution in [2.24, 2.45) is 0 Å². The van der Waals surface area contributed by atoms with Gasteiger partial charge in [-0.3, -0.25) is 9.59 Å². The van der Waals surface area contributed by atoms with Gasteiger partial charge in [-0.2, -0.15) is 0 Å². The van der Waals surface area contributed by atoms with Crippen LogP contribution >= 0.6 is 0 Å². The molecule has 5 heteroatoms. The van der Waals surface area contributed by atoms with Gasteiger partial charge in [0, 0.05) is 24.2 Å². The Kier molecular flexibility index (Phi) is 5.68. The summed E-state index contributed by atoms with van der Waals surface area (Å²) in [6.45, 7) is 0.537. The molecule has 0 aliphatic heterocycles. The smallest absolute Gasteiger partial charge is 0.251 e. The minimum absolute atomic E-state index is 0.0880. The monoisotopic (exact) mass is 298 g/mol. The predicted molar refractivity (Wildman–Crippen MR) is 83.5 cm³/mol. The summed E-state index contributed by atoms with van der Waals surface area (Å²) < 4.78 is 0. The van der Waals surface area contributed by atoms with E-state index in [-0.39, 0.29) is 25.0 Å². The van der Waals surface area contributed by atoms with Gasteiger partial charge in [-0.25, -0.2) is 0 Å². The second-order valence-corrected chi connectivity index (χ2v) is 4.73. The highest BCUT2D eigenvalue weighted by Crippen LogP contribution is 2.05. The first-order chi connectivity index (χ1) is 10.7. The summed E-state index contributed by atoms with van der Waals surface area (Å²) in [5, 5.41) is 14.1. The van der Waals surface area contributed by atoms with Crippen LogP contribution in [0.5, 0.6) is 0 Å². The van der Waals surface area contributed by atoms with Crippen molar-refractivity contribution >= 4 is 11.8 Å². The molecule has 3 N–H and O–H groups in total. The molecule has 22 heavy (non-hydrogen) atoms. The molecule has 0 aliphatic rings. The number of aliphatic hydroxyl groups is 1. The van der Waals surface area contributed by atoms with E-state index in [0.717, 1.165) is 5.56 Å². The SMILES string of the molecule is O=C(NCCO)c1ccc(CNC(=O)c2ccccc2)cc1. The standard InChI is InChI=1S/C17H18N2O3/c20-11-10-18-16(21)15-8-6-13(7-9-15)12-19-17(22)14-4-2-1-3-5-14/h1-9,20H,10-12H2,(H,18,21)(H,19,22). The highest BCUT2D eigenvalue weighted by molar-refractivity contribution is 5.94. The van der Waals surface area contributed by atoms with Gasteiger partial charge in [-0.1, -0.05) is 30.3 Å². The molecule has 2 aromatic carbocycles. The van der Waals surface area contributed by atoms with Crippen LogP contribution in [0.1, 0.15) is 26.3 Å². The van der Waals surface area contributed by atoms with Gasteiger partial charge < -0.3 is 15.7 Å². The van der Waals surface area contributed by atoms with E-state index < -0.39 is 0 Å². The lowest BCUT2D eigenvalue weighted by Crippen LogP contribution is -2.26. The van der Waals surface area contributed by atoms with Crippen LogP contribution < -0.4 is 10.6 Å². The molecule has 2 rings (SSSR count). The van der Waals surface area contributed by atoms with Gasteiger partial charge in [0.15, 0.2) is 0 Å². The molecule has 0 fully saturated rings. The largest absolute Gasteiger partial charge is 0.395 e. The topological polar surface area (TPSA) is 78.4 Å². The molecule has 0 radical (unpaired) electrons. The molecule has 2 amide bonds. The number of hydrogen-bond acceptors (Lipinski definition) is 3. The summed E-state index contributed by atoms with van der Waals surface area (Å²) in [7, 11) is 0. The average molecular weight is 298 g/mol.